The zero-order valence-corrected chi connectivity index (χ0v) is 14.0. The van der Waals surface area contributed by atoms with Crippen molar-refractivity contribution in [3.63, 3.8) is 0 Å². The van der Waals surface area contributed by atoms with E-state index in [2.05, 4.69) is 5.32 Å². The van der Waals surface area contributed by atoms with Gasteiger partial charge in [-0.15, -0.1) is 0 Å². The van der Waals surface area contributed by atoms with E-state index in [1.807, 2.05) is 25.1 Å². The fourth-order valence-corrected chi connectivity index (χ4v) is 3.36. The molecule has 7 heteroatoms. The Morgan fingerprint density at radius 2 is 2.08 bits per heavy atom. The van der Waals surface area contributed by atoms with Gasteiger partial charge in [0.05, 0.1) is 13.1 Å². The summed E-state index contributed by atoms with van der Waals surface area (Å²) in [7, 11) is 0. The first kappa shape index (κ1) is 16.3. The van der Waals surface area contributed by atoms with Crippen molar-refractivity contribution in [2.75, 3.05) is 22.9 Å². The van der Waals surface area contributed by atoms with Gasteiger partial charge in [0.15, 0.2) is 0 Å². The second kappa shape index (κ2) is 6.14. The van der Waals surface area contributed by atoms with Crippen molar-refractivity contribution in [3.05, 3.63) is 23.8 Å². The van der Waals surface area contributed by atoms with Gasteiger partial charge in [-0.25, -0.2) is 4.79 Å². The molecular formula is C17H21N3O4. The molecule has 0 saturated carbocycles. The third-order valence-electron chi connectivity index (χ3n) is 4.38. The van der Waals surface area contributed by atoms with Gasteiger partial charge in [0.1, 0.15) is 6.10 Å². The number of ether oxygens (including phenoxy) is 1. The van der Waals surface area contributed by atoms with E-state index in [0.717, 1.165) is 23.4 Å². The highest BCUT2D eigenvalue weighted by molar-refractivity contribution is 5.96. The molecule has 128 valence electrons. The molecule has 1 N–H and O–H groups in total. The Balaban J connectivity index is 1.77. The van der Waals surface area contributed by atoms with Crippen LogP contribution in [-0.4, -0.2) is 43.1 Å². The Kier molecular flexibility index (Phi) is 4.17. The molecule has 1 fully saturated rings. The summed E-state index contributed by atoms with van der Waals surface area (Å²) in [6.07, 6.45) is -0.0110. The number of anilines is 2. The Morgan fingerprint density at radius 3 is 2.75 bits per heavy atom. The van der Waals surface area contributed by atoms with Crippen molar-refractivity contribution >= 4 is 29.3 Å². The maximum absolute atomic E-state index is 12.1. The molecule has 2 atom stereocenters. The van der Waals surface area contributed by atoms with Gasteiger partial charge in [-0.1, -0.05) is 0 Å². The van der Waals surface area contributed by atoms with Crippen LogP contribution in [0.15, 0.2) is 18.2 Å². The van der Waals surface area contributed by atoms with Crippen LogP contribution in [0.5, 0.6) is 0 Å². The number of nitrogens with one attached hydrogen (secondary N) is 1. The highest BCUT2D eigenvalue weighted by Crippen LogP contribution is 2.35. The molecule has 2 heterocycles. The minimum Gasteiger partial charge on any atom is -0.442 e. The molecule has 2 aliphatic heterocycles. The lowest BCUT2D eigenvalue weighted by molar-refractivity contribution is -0.119. The van der Waals surface area contributed by atoms with Crippen molar-refractivity contribution < 1.29 is 19.1 Å². The third-order valence-corrected chi connectivity index (χ3v) is 4.38. The number of carbonyl (C=O) groups is 3. The summed E-state index contributed by atoms with van der Waals surface area (Å²) in [5, 5.41) is 2.66. The molecular weight excluding hydrogens is 310 g/mol. The van der Waals surface area contributed by atoms with Crippen LogP contribution in [0.1, 0.15) is 26.3 Å². The van der Waals surface area contributed by atoms with Crippen LogP contribution in [-0.2, 0) is 20.7 Å². The topological polar surface area (TPSA) is 79.0 Å². The molecule has 3 amide bonds. The second-order valence-electron chi connectivity index (χ2n) is 6.31. The number of hydrogen-bond acceptors (Lipinski definition) is 4. The van der Waals surface area contributed by atoms with Crippen molar-refractivity contribution in [2.45, 2.75) is 39.3 Å². The van der Waals surface area contributed by atoms with E-state index >= 15 is 0 Å². The smallest absolute Gasteiger partial charge is 0.414 e. The number of carbonyl (C=O) groups excluding carboxylic acids is 3. The molecule has 0 radical (unpaired) electrons. The SMILES string of the molecule is CC(=O)NC[C@H]1CN(c2ccc3c(c2)C[C@@H](C)N3C(C)=O)C(=O)O1. The number of hydrogen-bond donors (Lipinski definition) is 1. The maximum atomic E-state index is 12.1. The largest absolute Gasteiger partial charge is 0.442 e. The summed E-state index contributed by atoms with van der Waals surface area (Å²) >= 11 is 0. The maximum Gasteiger partial charge on any atom is 0.414 e. The van der Waals surface area contributed by atoms with E-state index in [-0.39, 0.29) is 24.0 Å². The zero-order valence-electron chi connectivity index (χ0n) is 14.0. The minimum absolute atomic E-state index is 0.0185. The lowest BCUT2D eigenvalue weighted by Gasteiger charge is -2.21. The van der Waals surface area contributed by atoms with Crippen molar-refractivity contribution in [1.29, 1.82) is 0 Å². The van der Waals surface area contributed by atoms with E-state index in [0.29, 0.717) is 13.1 Å². The molecule has 24 heavy (non-hydrogen) atoms. The fourth-order valence-electron chi connectivity index (χ4n) is 3.36. The molecule has 1 aromatic carbocycles. The van der Waals surface area contributed by atoms with Gasteiger partial charge in [0.25, 0.3) is 0 Å². The van der Waals surface area contributed by atoms with Gasteiger partial charge in [-0.3, -0.25) is 14.5 Å². The van der Waals surface area contributed by atoms with E-state index in [9.17, 15) is 14.4 Å². The number of nitrogens with zero attached hydrogens (tertiary/aromatic N) is 2. The normalized spacial score (nSPS) is 22.4. The van der Waals surface area contributed by atoms with Crippen LogP contribution in [0.25, 0.3) is 0 Å². The number of fused-ring (bicyclic) bond motifs is 1. The molecule has 0 aromatic heterocycles. The second-order valence-corrected chi connectivity index (χ2v) is 6.31. The van der Waals surface area contributed by atoms with E-state index in [1.165, 1.54) is 6.92 Å². The predicted molar refractivity (Wildman–Crippen MR) is 89.1 cm³/mol. The molecule has 0 unspecified atom stereocenters. The Morgan fingerprint density at radius 1 is 1.33 bits per heavy atom. The molecule has 3 rings (SSSR count). The summed E-state index contributed by atoms with van der Waals surface area (Å²) in [5.41, 5.74) is 2.70. The molecule has 7 nitrogen and oxygen atoms in total. The standard InChI is InChI=1S/C17H21N3O4/c1-10-6-13-7-14(4-5-16(13)20(10)12(3)22)19-9-15(24-17(19)23)8-18-11(2)21/h4-5,7,10,15H,6,8-9H2,1-3H3,(H,18,21)/t10-,15+/m1/s1. The van der Waals surface area contributed by atoms with Gasteiger partial charge in [0, 0.05) is 31.3 Å². The first-order valence-electron chi connectivity index (χ1n) is 8.02. The number of amides is 3. The molecule has 0 aliphatic carbocycles. The molecule has 0 spiro atoms. The van der Waals surface area contributed by atoms with Crippen LogP contribution in [0.4, 0.5) is 16.2 Å². The molecule has 2 aliphatic rings. The number of cyclic esters (lactones) is 1. The fraction of sp³-hybridized carbons (Fsp3) is 0.471. The van der Waals surface area contributed by atoms with Crippen molar-refractivity contribution in [1.82, 2.24) is 5.32 Å². The van der Waals surface area contributed by atoms with E-state index < -0.39 is 6.09 Å². The average Bonchev–Trinajstić information content (AvgIpc) is 3.03. The van der Waals surface area contributed by atoms with Gasteiger partial charge in [-0.2, -0.15) is 0 Å². The summed E-state index contributed by atoms with van der Waals surface area (Å²) < 4.78 is 5.29. The van der Waals surface area contributed by atoms with Gasteiger partial charge >= 0.3 is 6.09 Å². The minimum atomic E-state index is -0.417. The first-order valence-corrected chi connectivity index (χ1v) is 8.02. The number of rotatable bonds is 3. The lowest BCUT2D eigenvalue weighted by atomic mass is 10.1. The molecule has 1 aromatic rings. The van der Waals surface area contributed by atoms with Crippen LogP contribution in [0, 0.1) is 0 Å². The summed E-state index contributed by atoms with van der Waals surface area (Å²) in [6.45, 7) is 5.69. The van der Waals surface area contributed by atoms with Gasteiger partial charge in [-0.05, 0) is 37.1 Å². The summed E-state index contributed by atoms with van der Waals surface area (Å²) in [4.78, 5) is 38.2. The average molecular weight is 331 g/mol. The van der Waals surface area contributed by atoms with Crippen LogP contribution in [0.2, 0.25) is 0 Å². The third kappa shape index (κ3) is 2.93. The highest BCUT2D eigenvalue weighted by atomic mass is 16.6. The molecule has 1 saturated heterocycles. The first-order chi connectivity index (χ1) is 11.4. The van der Waals surface area contributed by atoms with E-state index in [1.54, 1.807) is 16.7 Å². The van der Waals surface area contributed by atoms with Gasteiger partial charge < -0.3 is 15.0 Å². The molecule has 0 bridgehead atoms. The van der Waals surface area contributed by atoms with Crippen LogP contribution < -0.4 is 15.1 Å². The Bertz CT molecular complexity index is 703. The van der Waals surface area contributed by atoms with Crippen molar-refractivity contribution in [2.24, 2.45) is 0 Å². The van der Waals surface area contributed by atoms with Gasteiger partial charge in [0.2, 0.25) is 11.8 Å². The van der Waals surface area contributed by atoms with Crippen LogP contribution >= 0.6 is 0 Å². The monoisotopic (exact) mass is 331 g/mol. The summed E-state index contributed by atoms with van der Waals surface area (Å²) in [5.74, 6) is -0.134. The van der Waals surface area contributed by atoms with Crippen molar-refractivity contribution in [3.8, 4) is 0 Å². The predicted octanol–water partition coefficient (Wildman–Crippen LogP) is 1.45. The lowest BCUT2D eigenvalue weighted by Crippen LogP contribution is -2.33. The summed E-state index contributed by atoms with van der Waals surface area (Å²) in [6, 6.07) is 5.76. The van der Waals surface area contributed by atoms with E-state index in [4.69, 9.17) is 4.74 Å². The number of benzene rings is 1. The quantitative estimate of drug-likeness (QED) is 0.909. The van der Waals surface area contributed by atoms with Crippen LogP contribution in [0.3, 0.4) is 0 Å². The zero-order chi connectivity index (χ0) is 17.4. The Labute approximate surface area is 140 Å². The Hall–Kier alpha value is -2.57. The highest BCUT2D eigenvalue weighted by Gasteiger charge is 2.34.